The summed E-state index contributed by atoms with van der Waals surface area (Å²) in [7, 11) is 0. The number of alkyl carbamates (subject to hydrolysis) is 1. The van der Waals surface area contributed by atoms with Crippen LogP contribution in [0.4, 0.5) is 10.5 Å². The summed E-state index contributed by atoms with van der Waals surface area (Å²) in [4.78, 5) is 11.9. The van der Waals surface area contributed by atoms with Gasteiger partial charge in [0.1, 0.15) is 5.60 Å². The third-order valence-electron chi connectivity index (χ3n) is 3.83. The van der Waals surface area contributed by atoms with Crippen LogP contribution in [-0.4, -0.2) is 23.8 Å². The van der Waals surface area contributed by atoms with Crippen LogP contribution in [0.15, 0.2) is 24.3 Å². The molecule has 2 rings (SSSR count). The number of hydrogen-bond donors (Lipinski definition) is 3. The van der Waals surface area contributed by atoms with Gasteiger partial charge >= 0.3 is 6.09 Å². The first kappa shape index (κ1) is 16.6. The number of rotatable bonds is 4. The Labute approximate surface area is 132 Å². The summed E-state index contributed by atoms with van der Waals surface area (Å²) in [5, 5.41) is 6.49. The van der Waals surface area contributed by atoms with Gasteiger partial charge in [0, 0.05) is 24.3 Å². The van der Waals surface area contributed by atoms with Crippen molar-refractivity contribution in [3.05, 3.63) is 29.8 Å². The van der Waals surface area contributed by atoms with Gasteiger partial charge in [-0.15, -0.1) is 0 Å². The number of carbonyl (C=O) groups is 1. The first-order valence-electron chi connectivity index (χ1n) is 7.91. The molecular weight excluding hydrogens is 278 g/mol. The molecule has 1 aliphatic rings. The molecule has 1 aliphatic carbocycles. The maximum absolute atomic E-state index is 11.9. The minimum absolute atomic E-state index is 0.111. The second-order valence-electron chi connectivity index (χ2n) is 6.87. The number of hydrogen-bond acceptors (Lipinski definition) is 4. The summed E-state index contributed by atoms with van der Waals surface area (Å²) in [5.74, 6) is 0. The van der Waals surface area contributed by atoms with E-state index in [1.165, 1.54) is 0 Å². The molecule has 0 aliphatic heterocycles. The van der Waals surface area contributed by atoms with E-state index in [1.54, 1.807) is 0 Å². The Morgan fingerprint density at radius 3 is 2.64 bits per heavy atom. The van der Waals surface area contributed by atoms with Gasteiger partial charge in [-0.3, -0.25) is 0 Å². The average Bonchev–Trinajstić information content (AvgIpc) is 2.83. The van der Waals surface area contributed by atoms with E-state index in [2.05, 4.69) is 10.6 Å². The monoisotopic (exact) mass is 305 g/mol. The molecule has 1 aromatic carbocycles. The Hall–Kier alpha value is -1.75. The third kappa shape index (κ3) is 4.91. The molecule has 0 heterocycles. The van der Waals surface area contributed by atoms with Crippen LogP contribution in [0, 0.1) is 0 Å². The van der Waals surface area contributed by atoms with E-state index in [9.17, 15) is 4.79 Å². The second-order valence-corrected chi connectivity index (χ2v) is 6.87. The van der Waals surface area contributed by atoms with Crippen LogP contribution in [0.2, 0.25) is 0 Å². The second kappa shape index (κ2) is 7.01. The van der Waals surface area contributed by atoms with Crippen LogP contribution >= 0.6 is 0 Å². The van der Waals surface area contributed by atoms with E-state index in [-0.39, 0.29) is 18.2 Å². The normalized spacial score (nSPS) is 21.6. The highest BCUT2D eigenvalue weighted by Crippen LogP contribution is 2.21. The van der Waals surface area contributed by atoms with Gasteiger partial charge in [-0.2, -0.15) is 0 Å². The molecule has 0 radical (unpaired) electrons. The van der Waals surface area contributed by atoms with Crippen molar-refractivity contribution in [3.63, 3.8) is 0 Å². The van der Waals surface area contributed by atoms with Crippen molar-refractivity contribution in [2.24, 2.45) is 0 Å². The van der Waals surface area contributed by atoms with Gasteiger partial charge in [0.15, 0.2) is 0 Å². The number of nitrogens with one attached hydrogen (secondary N) is 2. The van der Waals surface area contributed by atoms with Gasteiger partial charge in [0.2, 0.25) is 0 Å². The highest BCUT2D eigenvalue weighted by Gasteiger charge is 2.29. The van der Waals surface area contributed by atoms with Crippen molar-refractivity contribution >= 4 is 11.8 Å². The molecule has 1 aromatic rings. The zero-order valence-corrected chi connectivity index (χ0v) is 13.7. The maximum Gasteiger partial charge on any atom is 0.407 e. The zero-order chi connectivity index (χ0) is 16.2. The average molecular weight is 305 g/mol. The van der Waals surface area contributed by atoms with Gasteiger partial charge in [-0.25, -0.2) is 4.79 Å². The molecule has 2 atom stereocenters. The molecule has 0 spiro atoms. The summed E-state index contributed by atoms with van der Waals surface area (Å²) in [6.45, 7) is 6.32. The molecule has 5 heteroatoms. The van der Waals surface area contributed by atoms with E-state index in [0.717, 1.165) is 30.5 Å². The summed E-state index contributed by atoms with van der Waals surface area (Å²) in [6.07, 6.45) is 2.78. The number of ether oxygens (including phenoxy) is 1. The Morgan fingerprint density at radius 1 is 1.27 bits per heavy atom. The predicted octanol–water partition coefficient (Wildman–Crippen LogP) is 2.80. The van der Waals surface area contributed by atoms with Crippen LogP contribution in [0.25, 0.3) is 0 Å². The van der Waals surface area contributed by atoms with Crippen LogP contribution in [0.1, 0.15) is 45.6 Å². The molecule has 122 valence electrons. The molecule has 0 bridgehead atoms. The highest BCUT2D eigenvalue weighted by molar-refractivity contribution is 5.68. The summed E-state index contributed by atoms with van der Waals surface area (Å²) in [6, 6.07) is 8.21. The first-order chi connectivity index (χ1) is 10.3. The smallest absolute Gasteiger partial charge is 0.407 e. The van der Waals surface area contributed by atoms with Crippen LogP contribution in [0.3, 0.4) is 0 Å². The Balaban J connectivity index is 1.86. The van der Waals surface area contributed by atoms with Crippen molar-refractivity contribution < 1.29 is 9.53 Å². The van der Waals surface area contributed by atoms with Crippen molar-refractivity contribution in [2.75, 3.05) is 5.73 Å². The Kier molecular flexibility index (Phi) is 5.29. The summed E-state index contributed by atoms with van der Waals surface area (Å²) in [5.41, 5.74) is 7.38. The first-order valence-corrected chi connectivity index (χ1v) is 7.91. The molecule has 22 heavy (non-hydrogen) atoms. The third-order valence-corrected chi connectivity index (χ3v) is 3.83. The van der Waals surface area contributed by atoms with Gasteiger partial charge in [-0.05, 0) is 51.7 Å². The van der Waals surface area contributed by atoms with Gasteiger partial charge in [0.25, 0.3) is 0 Å². The van der Waals surface area contributed by atoms with Crippen molar-refractivity contribution in [2.45, 2.75) is 64.3 Å². The van der Waals surface area contributed by atoms with E-state index in [1.807, 2.05) is 45.0 Å². The van der Waals surface area contributed by atoms with E-state index >= 15 is 0 Å². The van der Waals surface area contributed by atoms with Crippen LogP contribution in [-0.2, 0) is 11.3 Å². The Morgan fingerprint density at radius 2 is 1.95 bits per heavy atom. The number of nitrogen functional groups attached to an aromatic ring is 1. The summed E-state index contributed by atoms with van der Waals surface area (Å²) < 4.78 is 5.33. The predicted molar refractivity (Wildman–Crippen MR) is 88.5 cm³/mol. The molecule has 1 fully saturated rings. The molecule has 2 unspecified atom stereocenters. The molecule has 1 saturated carbocycles. The Bertz CT molecular complexity index is 511. The van der Waals surface area contributed by atoms with Crippen LogP contribution in [0.5, 0.6) is 0 Å². The van der Waals surface area contributed by atoms with Gasteiger partial charge in [-0.1, -0.05) is 18.2 Å². The van der Waals surface area contributed by atoms with Gasteiger partial charge < -0.3 is 21.1 Å². The number of amides is 1. The lowest BCUT2D eigenvalue weighted by molar-refractivity contribution is 0.0498. The number of anilines is 1. The number of benzene rings is 1. The number of nitrogens with two attached hydrogens (primary N) is 1. The molecule has 1 amide bonds. The molecule has 5 nitrogen and oxygen atoms in total. The zero-order valence-electron chi connectivity index (χ0n) is 13.7. The lowest BCUT2D eigenvalue weighted by Gasteiger charge is -2.25. The molecular formula is C17H27N3O2. The largest absolute Gasteiger partial charge is 0.444 e. The van der Waals surface area contributed by atoms with Crippen molar-refractivity contribution in [1.82, 2.24) is 10.6 Å². The molecule has 0 aromatic heterocycles. The SMILES string of the molecule is CC(C)(C)OC(=O)NC1CCCC1NCc1ccccc1N. The number of carbonyl (C=O) groups excluding carboxylic acids is 1. The van der Waals surface area contributed by atoms with Crippen molar-refractivity contribution in [1.29, 1.82) is 0 Å². The number of para-hydroxylation sites is 1. The van der Waals surface area contributed by atoms with E-state index in [4.69, 9.17) is 10.5 Å². The molecule has 4 N–H and O–H groups in total. The highest BCUT2D eigenvalue weighted by atomic mass is 16.6. The topological polar surface area (TPSA) is 76.4 Å². The van der Waals surface area contributed by atoms with Gasteiger partial charge in [0.05, 0.1) is 0 Å². The fourth-order valence-electron chi connectivity index (χ4n) is 2.77. The fraction of sp³-hybridized carbons (Fsp3) is 0.588. The van der Waals surface area contributed by atoms with E-state index < -0.39 is 5.60 Å². The lowest BCUT2D eigenvalue weighted by atomic mass is 10.1. The fourth-order valence-corrected chi connectivity index (χ4v) is 2.77. The van der Waals surface area contributed by atoms with Crippen molar-refractivity contribution in [3.8, 4) is 0 Å². The minimum Gasteiger partial charge on any atom is -0.444 e. The van der Waals surface area contributed by atoms with Crippen LogP contribution < -0.4 is 16.4 Å². The van der Waals surface area contributed by atoms with E-state index in [0.29, 0.717) is 6.54 Å². The summed E-state index contributed by atoms with van der Waals surface area (Å²) >= 11 is 0. The lowest BCUT2D eigenvalue weighted by Crippen LogP contribution is -2.47. The standard InChI is InChI=1S/C17H27N3O2/c1-17(2,3)22-16(21)20-15-10-6-9-14(15)19-11-12-7-4-5-8-13(12)18/h4-5,7-8,14-15,19H,6,9-11,18H2,1-3H3,(H,20,21). The molecule has 0 saturated heterocycles. The minimum atomic E-state index is -0.468. The quantitative estimate of drug-likeness (QED) is 0.748. The maximum atomic E-state index is 11.9.